The zero-order valence-electron chi connectivity index (χ0n) is 13.6. The number of aromatic nitrogens is 1. The third-order valence-corrected chi connectivity index (χ3v) is 5.88. The van der Waals surface area contributed by atoms with E-state index < -0.39 is 10.0 Å². The van der Waals surface area contributed by atoms with Crippen LogP contribution >= 0.6 is 0 Å². The van der Waals surface area contributed by atoms with E-state index in [0.717, 1.165) is 23.9 Å². The summed E-state index contributed by atoms with van der Waals surface area (Å²) in [7, 11) is -3.08. The lowest BCUT2D eigenvalue weighted by Crippen LogP contribution is -2.49. The van der Waals surface area contributed by atoms with Crippen LogP contribution in [0.25, 0.3) is 10.9 Å². The van der Waals surface area contributed by atoms with Gasteiger partial charge in [-0.15, -0.1) is 0 Å². The van der Waals surface area contributed by atoms with E-state index in [0.29, 0.717) is 25.0 Å². The molecule has 2 atom stereocenters. The molecule has 0 saturated carbocycles. The maximum Gasteiger partial charge on any atom is 0.211 e. The van der Waals surface area contributed by atoms with Crippen molar-refractivity contribution in [1.82, 2.24) is 14.6 Å². The second kappa shape index (κ2) is 6.55. The van der Waals surface area contributed by atoms with Crippen molar-refractivity contribution >= 4 is 20.9 Å². The molecule has 1 aliphatic rings. The summed E-state index contributed by atoms with van der Waals surface area (Å²) in [4.78, 5) is 4.48. The number of nitrogens with one attached hydrogen (secondary N) is 1. The van der Waals surface area contributed by atoms with Gasteiger partial charge in [0.25, 0.3) is 0 Å². The number of rotatable bonds is 4. The van der Waals surface area contributed by atoms with Gasteiger partial charge in [0.05, 0.1) is 11.8 Å². The number of sulfonamides is 1. The van der Waals surface area contributed by atoms with Crippen LogP contribution in [0.1, 0.15) is 18.9 Å². The molecule has 0 spiro atoms. The van der Waals surface area contributed by atoms with E-state index in [9.17, 15) is 8.42 Å². The van der Waals surface area contributed by atoms with Crippen LogP contribution in [0.15, 0.2) is 36.5 Å². The van der Waals surface area contributed by atoms with Crippen LogP contribution in [0.5, 0.6) is 0 Å². The minimum atomic E-state index is -3.08. The Morgan fingerprint density at radius 3 is 2.83 bits per heavy atom. The molecule has 3 rings (SSSR count). The monoisotopic (exact) mass is 333 g/mol. The lowest BCUT2D eigenvalue weighted by Gasteiger charge is -2.36. The van der Waals surface area contributed by atoms with Crippen molar-refractivity contribution in [2.45, 2.75) is 25.9 Å². The molecule has 0 radical (unpaired) electrons. The molecule has 1 aromatic heterocycles. The third-order valence-electron chi connectivity index (χ3n) is 4.61. The first-order valence-corrected chi connectivity index (χ1v) is 9.81. The van der Waals surface area contributed by atoms with Gasteiger partial charge in [-0.3, -0.25) is 4.98 Å². The summed E-state index contributed by atoms with van der Waals surface area (Å²) in [5, 5.41) is 4.74. The molecule has 2 heterocycles. The fourth-order valence-corrected chi connectivity index (χ4v) is 4.21. The Labute approximate surface area is 137 Å². The van der Waals surface area contributed by atoms with Crippen molar-refractivity contribution in [3.8, 4) is 0 Å². The van der Waals surface area contributed by atoms with Gasteiger partial charge >= 0.3 is 0 Å². The van der Waals surface area contributed by atoms with E-state index in [1.807, 2.05) is 12.3 Å². The van der Waals surface area contributed by atoms with Gasteiger partial charge in [0, 0.05) is 37.3 Å². The third kappa shape index (κ3) is 3.71. The molecule has 1 fully saturated rings. The van der Waals surface area contributed by atoms with E-state index in [-0.39, 0.29) is 0 Å². The predicted molar refractivity (Wildman–Crippen MR) is 92.6 cm³/mol. The van der Waals surface area contributed by atoms with Crippen molar-refractivity contribution in [1.29, 1.82) is 0 Å². The second-order valence-electron chi connectivity index (χ2n) is 6.37. The summed E-state index contributed by atoms with van der Waals surface area (Å²) < 4.78 is 24.9. The Bertz CT molecular complexity index is 786. The van der Waals surface area contributed by atoms with Crippen LogP contribution in [0.4, 0.5) is 0 Å². The molecule has 1 aliphatic heterocycles. The minimum absolute atomic E-state index is 0.293. The van der Waals surface area contributed by atoms with Gasteiger partial charge in [0.1, 0.15) is 0 Å². The molecule has 6 heteroatoms. The molecule has 1 aromatic carbocycles. The Balaban J connectivity index is 1.67. The molecule has 1 saturated heterocycles. The zero-order valence-corrected chi connectivity index (χ0v) is 14.4. The Hall–Kier alpha value is -1.50. The molecule has 124 valence electrons. The summed E-state index contributed by atoms with van der Waals surface area (Å²) in [5.41, 5.74) is 2.21. The highest BCUT2D eigenvalue weighted by molar-refractivity contribution is 7.88. The number of nitrogens with zero attached hydrogens (tertiary/aromatic N) is 2. The van der Waals surface area contributed by atoms with Gasteiger partial charge in [0.15, 0.2) is 0 Å². The Morgan fingerprint density at radius 1 is 1.30 bits per heavy atom. The van der Waals surface area contributed by atoms with Gasteiger partial charge in [-0.25, -0.2) is 12.7 Å². The fraction of sp³-hybridized carbons (Fsp3) is 0.471. The molecule has 0 unspecified atom stereocenters. The molecule has 1 N–H and O–H groups in total. The number of hydrogen-bond acceptors (Lipinski definition) is 4. The quantitative estimate of drug-likeness (QED) is 0.929. The molecule has 0 aliphatic carbocycles. The SMILES string of the molecule is C[C@H]1CN(S(C)(=O)=O)CC[C@@H]1NCc1cccc2cccnc12. The molecule has 5 nitrogen and oxygen atoms in total. The predicted octanol–water partition coefficient (Wildman–Crippen LogP) is 1.99. The van der Waals surface area contributed by atoms with Gasteiger partial charge in [-0.05, 0) is 24.0 Å². The minimum Gasteiger partial charge on any atom is -0.309 e. The van der Waals surface area contributed by atoms with Crippen LogP contribution in [0, 0.1) is 5.92 Å². The molecule has 0 bridgehead atoms. The zero-order chi connectivity index (χ0) is 16.4. The lowest BCUT2D eigenvalue weighted by atomic mass is 9.95. The maximum absolute atomic E-state index is 11.7. The summed E-state index contributed by atoms with van der Waals surface area (Å²) in [6.45, 7) is 4.04. The summed E-state index contributed by atoms with van der Waals surface area (Å²) >= 11 is 0. The van der Waals surface area contributed by atoms with Crippen molar-refractivity contribution < 1.29 is 8.42 Å². The molecular weight excluding hydrogens is 310 g/mol. The molecule has 23 heavy (non-hydrogen) atoms. The van der Waals surface area contributed by atoms with Crippen molar-refractivity contribution in [2.75, 3.05) is 19.3 Å². The normalized spacial score (nSPS) is 23.2. The van der Waals surface area contributed by atoms with Crippen molar-refractivity contribution in [3.63, 3.8) is 0 Å². The van der Waals surface area contributed by atoms with Gasteiger partial charge in [-0.1, -0.05) is 31.2 Å². The second-order valence-corrected chi connectivity index (χ2v) is 8.35. The summed E-state index contributed by atoms with van der Waals surface area (Å²) in [5.74, 6) is 0.293. The number of benzene rings is 1. The van der Waals surface area contributed by atoms with Crippen LogP contribution in [-0.4, -0.2) is 43.1 Å². The summed E-state index contributed by atoms with van der Waals surface area (Å²) in [6.07, 6.45) is 3.95. The largest absolute Gasteiger partial charge is 0.309 e. The van der Waals surface area contributed by atoms with Crippen LogP contribution in [-0.2, 0) is 16.6 Å². The van der Waals surface area contributed by atoms with Crippen LogP contribution < -0.4 is 5.32 Å². The topological polar surface area (TPSA) is 62.3 Å². The van der Waals surface area contributed by atoms with E-state index in [2.05, 4.69) is 41.5 Å². The molecule has 0 amide bonds. The lowest BCUT2D eigenvalue weighted by molar-refractivity contribution is 0.220. The van der Waals surface area contributed by atoms with E-state index in [1.54, 1.807) is 4.31 Å². The average molecular weight is 333 g/mol. The van der Waals surface area contributed by atoms with Gasteiger partial charge < -0.3 is 5.32 Å². The van der Waals surface area contributed by atoms with E-state index in [4.69, 9.17) is 0 Å². The number of hydrogen-bond donors (Lipinski definition) is 1. The van der Waals surface area contributed by atoms with Crippen molar-refractivity contribution in [2.24, 2.45) is 5.92 Å². The number of piperidine rings is 1. The van der Waals surface area contributed by atoms with Gasteiger partial charge in [0.2, 0.25) is 10.0 Å². The summed E-state index contributed by atoms with van der Waals surface area (Å²) in [6, 6.07) is 10.6. The van der Waals surface area contributed by atoms with Gasteiger partial charge in [-0.2, -0.15) is 0 Å². The smallest absolute Gasteiger partial charge is 0.211 e. The van der Waals surface area contributed by atoms with Crippen LogP contribution in [0.2, 0.25) is 0 Å². The first kappa shape index (κ1) is 16.4. The van der Waals surface area contributed by atoms with Crippen LogP contribution in [0.3, 0.4) is 0 Å². The highest BCUT2D eigenvalue weighted by Gasteiger charge is 2.30. The van der Waals surface area contributed by atoms with E-state index in [1.165, 1.54) is 11.8 Å². The number of pyridine rings is 1. The first-order valence-electron chi connectivity index (χ1n) is 7.96. The number of fused-ring (bicyclic) bond motifs is 1. The maximum atomic E-state index is 11.7. The van der Waals surface area contributed by atoms with Crippen molar-refractivity contribution in [3.05, 3.63) is 42.1 Å². The average Bonchev–Trinajstić information content (AvgIpc) is 2.53. The van der Waals surface area contributed by atoms with E-state index >= 15 is 0 Å². The molecule has 2 aromatic rings. The molecular formula is C17H23N3O2S. The standard InChI is InChI=1S/C17H23N3O2S/c1-13-12-20(23(2,21)22)10-8-16(13)19-11-15-6-3-5-14-7-4-9-18-17(14)15/h3-7,9,13,16,19H,8,10-12H2,1-2H3/t13-,16-/m0/s1. The highest BCUT2D eigenvalue weighted by atomic mass is 32.2. The number of para-hydroxylation sites is 1. The fourth-order valence-electron chi connectivity index (χ4n) is 3.26. The Morgan fingerprint density at radius 2 is 2.09 bits per heavy atom. The highest BCUT2D eigenvalue weighted by Crippen LogP contribution is 2.21. The first-order chi connectivity index (χ1) is 10.9. The Kier molecular flexibility index (Phi) is 4.66.